The van der Waals surface area contributed by atoms with E-state index in [1.165, 1.54) is 11.1 Å². The van der Waals surface area contributed by atoms with Gasteiger partial charge >= 0.3 is 0 Å². The van der Waals surface area contributed by atoms with E-state index in [-0.39, 0.29) is 4.87 Å². The highest BCUT2D eigenvalue weighted by atomic mass is 35.5. The molecule has 0 heterocycles. The lowest BCUT2D eigenvalue weighted by atomic mass is 10.0. The van der Waals surface area contributed by atoms with Gasteiger partial charge < -0.3 is 5.73 Å². The van der Waals surface area contributed by atoms with E-state index in [0.717, 1.165) is 32.2 Å². The van der Waals surface area contributed by atoms with Crippen LogP contribution >= 0.6 is 11.6 Å². The number of nitrogens with two attached hydrogens (primary N) is 1. The second kappa shape index (κ2) is 7.92. The Hall–Kier alpha value is -0.270. The maximum absolute atomic E-state index is 6.24. The summed E-state index contributed by atoms with van der Waals surface area (Å²) >= 11 is 6.24. The molecule has 0 aliphatic carbocycles. The van der Waals surface area contributed by atoms with Gasteiger partial charge in [-0.15, -0.1) is 11.6 Å². The zero-order valence-electron chi connectivity index (χ0n) is 11.1. The van der Waals surface area contributed by atoms with Crippen LogP contribution in [0, 0.1) is 0 Å². The Morgan fingerprint density at radius 2 is 1.94 bits per heavy atom. The van der Waals surface area contributed by atoms with Crippen LogP contribution in [0.4, 0.5) is 0 Å². The van der Waals surface area contributed by atoms with Crippen LogP contribution in [-0.4, -0.2) is 11.4 Å². The fraction of sp³-hybridized carbons (Fsp3) is 0.714. The molecule has 0 saturated carbocycles. The molecule has 1 nitrogen and oxygen atoms in total. The first kappa shape index (κ1) is 15.7. The molecule has 0 fully saturated rings. The fourth-order valence-corrected chi connectivity index (χ4v) is 1.66. The van der Waals surface area contributed by atoms with Crippen LogP contribution in [-0.2, 0) is 0 Å². The van der Waals surface area contributed by atoms with Crippen molar-refractivity contribution in [2.45, 2.75) is 58.3 Å². The first-order valence-corrected chi connectivity index (χ1v) is 6.54. The molecule has 0 aromatic rings. The average Bonchev–Trinajstić information content (AvgIpc) is 2.15. The fourth-order valence-electron chi connectivity index (χ4n) is 1.52. The number of hydrogen-bond donors (Lipinski definition) is 1. The van der Waals surface area contributed by atoms with E-state index in [9.17, 15) is 0 Å². The predicted molar refractivity (Wildman–Crippen MR) is 75.0 cm³/mol. The average molecular weight is 244 g/mol. The minimum Gasteiger partial charge on any atom is -0.330 e. The Morgan fingerprint density at radius 3 is 2.38 bits per heavy atom. The topological polar surface area (TPSA) is 26.0 Å². The summed E-state index contributed by atoms with van der Waals surface area (Å²) in [5.41, 5.74) is 8.25. The van der Waals surface area contributed by atoms with Gasteiger partial charge in [0.2, 0.25) is 0 Å². The van der Waals surface area contributed by atoms with Crippen LogP contribution in [0.3, 0.4) is 0 Å². The molecule has 0 amide bonds. The van der Waals surface area contributed by atoms with E-state index in [0.29, 0.717) is 0 Å². The molecule has 2 N–H and O–H groups in total. The quantitative estimate of drug-likeness (QED) is 0.400. The zero-order valence-corrected chi connectivity index (χ0v) is 11.9. The number of allylic oxidation sites excluding steroid dienone is 4. The van der Waals surface area contributed by atoms with Gasteiger partial charge in [0.15, 0.2) is 0 Å². The van der Waals surface area contributed by atoms with Gasteiger partial charge in [-0.2, -0.15) is 0 Å². The third kappa shape index (κ3) is 8.99. The van der Waals surface area contributed by atoms with E-state index in [4.69, 9.17) is 17.3 Å². The Kier molecular flexibility index (Phi) is 7.78. The molecule has 0 atom stereocenters. The molecule has 0 rings (SSSR count). The molecule has 0 aromatic carbocycles. The van der Waals surface area contributed by atoms with Crippen LogP contribution in [0.15, 0.2) is 23.3 Å². The summed E-state index contributed by atoms with van der Waals surface area (Å²) in [6.07, 6.45) is 8.81. The maximum Gasteiger partial charge on any atom is 0.0575 e. The first-order valence-electron chi connectivity index (χ1n) is 6.17. The number of unbranched alkanes of at least 4 members (excludes halogenated alkanes) is 1. The third-order valence-corrected chi connectivity index (χ3v) is 2.55. The van der Waals surface area contributed by atoms with E-state index in [1.54, 1.807) is 0 Å². The number of hydrogen-bond acceptors (Lipinski definition) is 1. The summed E-state index contributed by atoms with van der Waals surface area (Å²) in [5, 5.41) is 0. The van der Waals surface area contributed by atoms with Gasteiger partial charge in [0, 0.05) is 0 Å². The summed E-state index contributed by atoms with van der Waals surface area (Å²) in [6, 6.07) is 0. The number of alkyl halides is 1. The second-order valence-electron chi connectivity index (χ2n) is 4.87. The molecule has 0 radical (unpaired) electrons. The monoisotopic (exact) mass is 243 g/mol. The molecule has 2 heteroatoms. The minimum atomic E-state index is -0.261. The summed E-state index contributed by atoms with van der Waals surface area (Å²) in [5.74, 6) is 0. The predicted octanol–water partition coefficient (Wildman–Crippen LogP) is 4.42. The lowest BCUT2D eigenvalue weighted by molar-refractivity contribution is 0.738. The molecule has 0 aromatic heterocycles. The van der Waals surface area contributed by atoms with Crippen LogP contribution in [0.1, 0.15) is 53.4 Å². The highest BCUT2D eigenvalue weighted by molar-refractivity contribution is 6.24. The summed E-state index contributed by atoms with van der Waals surface area (Å²) in [4.78, 5) is -0.261. The molecule has 16 heavy (non-hydrogen) atoms. The van der Waals surface area contributed by atoms with Crippen molar-refractivity contribution in [3.05, 3.63) is 23.3 Å². The number of rotatable bonds is 7. The van der Waals surface area contributed by atoms with E-state index in [1.807, 2.05) is 13.8 Å². The van der Waals surface area contributed by atoms with Crippen molar-refractivity contribution < 1.29 is 0 Å². The lowest BCUT2D eigenvalue weighted by Gasteiger charge is -2.13. The Bertz CT molecular complexity index is 246. The highest BCUT2D eigenvalue weighted by Gasteiger charge is 2.10. The van der Waals surface area contributed by atoms with Gasteiger partial charge in [-0.3, -0.25) is 0 Å². The number of halogens is 1. The summed E-state index contributed by atoms with van der Waals surface area (Å²) in [7, 11) is 0. The minimum absolute atomic E-state index is 0.261. The van der Waals surface area contributed by atoms with Crippen LogP contribution in [0.25, 0.3) is 0 Å². The van der Waals surface area contributed by atoms with Crippen molar-refractivity contribution in [3.8, 4) is 0 Å². The summed E-state index contributed by atoms with van der Waals surface area (Å²) < 4.78 is 0. The Morgan fingerprint density at radius 1 is 1.31 bits per heavy atom. The van der Waals surface area contributed by atoms with Gasteiger partial charge in [-0.05, 0) is 53.0 Å². The molecule has 0 spiro atoms. The molecule has 94 valence electrons. The zero-order chi connectivity index (χ0) is 12.6. The van der Waals surface area contributed by atoms with Gasteiger partial charge in [-0.1, -0.05) is 30.2 Å². The smallest absolute Gasteiger partial charge is 0.0575 e. The normalized spacial score (nSPS) is 14.4. The SMILES string of the molecule is CC/C(C)=C\C(=C/C(C)(C)Cl)CCCCN. The molecule has 0 aliphatic heterocycles. The molecule has 0 aliphatic rings. The largest absolute Gasteiger partial charge is 0.330 e. The standard InChI is InChI=1S/C14H26ClN/c1-5-12(2)10-13(8-6-7-9-16)11-14(3,4)15/h10-11H,5-9,16H2,1-4H3/b12-10-,13-11-. The molecular formula is C14H26ClN. The van der Waals surface area contributed by atoms with Crippen molar-refractivity contribution in [3.63, 3.8) is 0 Å². The van der Waals surface area contributed by atoms with Crippen molar-refractivity contribution in [1.82, 2.24) is 0 Å². The lowest BCUT2D eigenvalue weighted by Crippen LogP contribution is -2.06. The van der Waals surface area contributed by atoms with Gasteiger partial charge in [0.1, 0.15) is 0 Å². The molecule has 0 bridgehead atoms. The van der Waals surface area contributed by atoms with Crippen LogP contribution in [0.5, 0.6) is 0 Å². The summed E-state index contributed by atoms with van der Waals surface area (Å²) in [6.45, 7) is 9.15. The highest BCUT2D eigenvalue weighted by Crippen LogP contribution is 2.21. The molecular weight excluding hydrogens is 218 g/mol. The Balaban J connectivity index is 4.58. The van der Waals surface area contributed by atoms with E-state index >= 15 is 0 Å². The van der Waals surface area contributed by atoms with Crippen LogP contribution < -0.4 is 5.73 Å². The van der Waals surface area contributed by atoms with Crippen LogP contribution in [0.2, 0.25) is 0 Å². The molecule has 0 unspecified atom stereocenters. The second-order valence-corrected chi connectivity index (χ2v) is 5.85. The van der Waals surface area contributed by atoms with Crippen molar-refractivity contribution in [2.75, 3.05) is 6.54 Å². The van der Waals surface area contributed by atoms with Gasteiger partial charge in [-0.25, -0.2) is 0 Å². The maximum atomic E-state index is 6.24. The van der Waals surface area contributed by atoms with Crippen molar-refractivity contribution in [1.29, 1.82) is 0 Å². The van der Waals surface area contributed by atoms with Crippen molar-refractivity contribution >= 4 is 11.6 Å². The molecule has 0 saturated heterocycles. The van der Waals surface area contributed by atoms with E-state index in [2.05, 4.69) is 26.0 Å². The third-order valence-electron chi connectivity index (χ3n) is 2.44. The van der Waals surface area contributed by atoms with Gasteiger partial charge in [0.25, 0.3) is 0 Å². The first-order chi connectivity index (χ1) is 7.39. The Labute approximate surface area is 106 Å². The van der Waals surface area contributed by atoms with Gasteiger partial charge in [0.05, 0.1) is 4.87 Å². The van der Waals surface area contributed by atoms with E-state index < -0.39 is 0 Å². The van der Waals surface area contributed by atoms with Crippen molar-refractivity contribution in [2.24, 2.45) is 5.73 Å².